The topological polar surface area (TPSA) is 84.9 Å². The molecule has 0 aromatic rings. The van der Waals surface area contributed by atoms with Gasteiger partial charge in [0.25, 0.3) is 0 Å². The molecule has 1 amide bonds. The summed E-state index contributed by atoms with van der Waals surface area (Å²) in [4.78, 5) is 23.8. The summed E-state index contributed by atoms with van der Waals surface area (Å²) in [7, 11) is -2.14. The minimum Gasteiger partial charge on any atom is -0.481 e. The van der Waals surface area contributed by atoms with Crippen molar-refractivity contribution in [3.63, 3.8) is 0 Å². The predicted octanol–water partition coefficient (Wildman–Crippen LogP) is 5.18. The number of carbonyl (C=O) groups excluding carboxylic acids is 1. The number of carbonyl (C=O) groups is 2. The van der Waals surface area contributed by atoms with Crippen LogP contribution in [0.25, 0.3) is 0 Å². The minimum absolute atomic E-state index is 0.0135. The third-order valence-corrected chi connectivity index (χ3v) is 9.51. The van der Waals surface area contributed by atoms with E-state index in [0.29, 0.717) is 12.8 Å². The Kier molecular flexibility index (Phi) is 9.52. The van der Waals surface area contributed by atoms with Gasteiger partial charge in [0.15, 0.2) is 8.32 Å². The van der Waals surface area contributed by atoms with E-state index in [4.69, 9.17) is 9.16 Å². The number of amides is 1. The molecule has 0 aromatic heterocycles. The molecule has 160 valence electrons. The van der Waals surface area contributed by atoms with Crippen LogP contribution in [0, 0.1) is 5.92 Å². The lowest BCUT2D eigenvalue weighted by atomic mass is 9.96. The van der Waals surface area contributed by atoms with Crippen LogP contribution >= 0.6 is 0 Å². The summed E-state index contributed by atoms with van der Waals surface area (Å²) in [6.45, 7) is 19.9. The third-order valence-electron chi connectivity index (χ3n) is 5.01. The van der Waals surface area contributed by atoms with Gasteiger partial charge in [-0.2, -0.15) is 0 Å². The van der Waals surface area contributed by atoms with E-state index in [-0.39, 0.29) is 17.2 Å². The van der Waals surface area contributed by atoms with Crippen LogP contribution in [-0.2, 0) is 14.0 Å². The van der Waals surface area contributed by atoms with E-state index in [0.717, 1.165) is 6.42 Å². The zero-order valence-electron chi connectivity index (χ0n) is 18.9. The second-order valence-corrected chi connectivity index (χ2v) is 14.7. The van der Waals surface area contributed by atoms with E-state index >= 15 is 0 Å². The molecular formula is C20H41NO5Si. The van der Waals surface area contributed by atoms with Crippen molar-refractivity contribution in [1.29, 1.82) is 0 Å². The van der Waals surface area contributed by atoms with Crippen LogP contribution < -0.4 is 5.32 Å². The van der Waals surface area contributed by atoms with Crippen molar-refractivity contribution in [3.8, 4) is 0 Å². The summed E-state index contributed by atoms with van der Waals surface area (Å²) in [5.41, 5.74) is -0.592. The Morgan fingerprint density at radius 1 is 1.11 bits per heavy atom. The summed E-state index contributed by atoms with van der Waals surface area (Å²) in [5.74, 6) is -1.41. The molecule has 0 spiro atoms. The fourth-order valence-corrected chi connectivity index (χ4v) is 3.79. The predicted molar refractivity (Wildman–Crippen MR) is 112 cm³/mol. The SMILES string of the molecule is CCC[C@H](NC(=O)OC(C)(C)C)[C@H](C[C@@H](C)C(=O)O)O[Si](C)(C)C(C)(C)C. The normalized spacial score (nSPS) is 16.4. The van der Waals surface area contributed by atoms with Gasteiger partial charge in [-0.1, -0.05) is 41.0 Å². The highest BCUT2D eigenvalue weighted by Gasteiger charge is 2.41. The molecule has 6 nitrogen and oxygen atoms in total. The van der Waals surface area contributed by atoms with Crippen molar-refractivity contribution in [1.82, 2.24) is 5.32 Å². The van der Waals surface area contributed by atoms with Crippen LogP contribution in [0.3, 0.4) is 0 Å². The summed E-state index contributed by atoms with van der Waals surface area (Å²) in [6.07, 6.45) is 1.03. The summed E-state index contributed by atoms with van der Waals surface area (Å²) in [5, 5.41) is 12.3. The zero-order valence-corrected chi connectivity index (χ0v) is 19.9. The van der Waals surface area contributed by atoms with E-state index in [1.807, 2.05) is 27.7 Å². The van der Waals surface area contributed by atoms with Crippen molar-refractivity contribution in [2.45, 2.75) is 111 Å². The standard InChI is InChI=1S/C20H41NO5Si/c1-11-12-15(21-18(24)25-19(3,4)5)16(13-14(2)17(22)23)26-27(9,10)20(6,7)8/h14-16H,11-13H2,1-10H3,(H,21,24)(H,22,23)/t14-,15+,16+/m1/s1. The molecule has 0 aliphatic carbocycles. The molecule has 0 bridgehead atoms. The molecule has 0 aromatic carbocycles. The molecule has 0 radical (unpaired) electrons. The van der Waals surface area contributed by atoms with Gasteiger partial charge >= 0.3 is 12.1 Å². The Hall–Kier alpha value is -1.08. The fourth-order valence-electron chi connectivity index (χ4n) is 2.42. The average Bonchev–Trinajstić information content (AvgIpc) is 2.42. The van der Waals surface area contributed by atoms with E-state index < -0.39 is 31.9 Å². The highest BCUT2D eigenvalue weighted by molar-refractivity contribution is 6.74. The number of alkyl carbamates (subject to hydrolysis) is 1. The fraction of sp³-hybridized carbons (Fsp3) is 0.900. The molecular weight excluding hydrogens is 362 g/mol. The van der Waals surface area contributed by atoms with Crippen LogP contribution in [0.15, 0.2) is 0 Å². The first-order chi connectivity index (χ1) is 12.0. The Labute approximate surface area is 166 Å². The Morgan fingerprint density at radius 2 is 1.63 bits per heavy atom. The number of hydrogen-bond acceptors (Lipinski definition) is 4. The van der Waals surface area contributed by atoms with Crippen LogP contribution in [0.5, 0.6) is 0 Å². The highest BCUT2D eigenvalue weighted by atomic mass is 28.4. The molecule has 0 rings (SSSR count). The quantitative estimate of drug-likeness (QED) is 0.518. The molecule has 27 heavy (non-hydrogen) atoms. The number of carboxylic acids is 1. The van der Waals surface area contributed by atoms with Gasteiger partial charge in [0.2, 0.25) is 0 Å². The second kappa shape index (κ2) is 9.91. The Bertz CT molecular complexity index is 494. The van der Waals surface area contributed by atoms with Crippen molar-refractivity contribution in [2.24, 2.45) is 5.92 Å². The van der Waals surface area contributed by atoms with Crippen LogP contribution in [0.4, 0.5) is 4.79 Å². The van der Waals surface area contributed by atoms with Gasteiger partial charge in [-0.15, -0.1) is 0 Å². The monoisotopic (exact) mass is 403 g/mol. The van der Waals surface area contributed by atoms with Crippen molar-refractivity contribution in [2.75, 3.05) is 0 Å². The summed E-state index contributed by atoms with van der Waals surface area (Å²) < 4.78 is 12.0. The maximum Gasteiger partial charge on any atom is 0.407 e. The molecule has 0 aliphatic heterocycles. The summed E-state index contributed by atoms with van der Waals surface area (Å²) in [6, 6.07) is -0.291. The van der Waals surface area contributed by atoms with Crippen LogP contribution in [-0.4, -0.2) is 43.2 Å². The van der Waals surface area contributed by atoms with Crippen molar-refractivity contribution >= 4 is 20.4 Å². The van der Waals surface area contributed by atoms with Crippen molar-refractivity contribution < 1.29 is 23.9 Å². The first-order valence-electron chi connectivity index (χ1n) is 9.90. The second-order valence-electron chi connectivity index (χ2n) is 9.93. The van der Waals surface area contributed by atoms with E-state index in [2.05, 4.69) is 39.2 Å². The molecule has 0 saturated heterocycles. The van der Waals surface area contributed by atoms with E-state index in [1.165, 1.54) is 0 Å². The summed E-state index contributed by atoms with van der Waals surface area (Å²) >= 11 is 0. The maximum atomic E-state index is 12.3. The molecule has 0 unspecified atom stereocenters. The van der Waals surface area contributed by atoms with Crippen molar-refractivity contribution in [3.05, 3.63) is 0 Å². The maximum absolute atomic E-state index is 12.3. The molecule has 2 N–H and O–H groups in total. The van der Waals surface area contributed by atoms with Crippen LogP contribution in [0.1, 0.15) is 74.7 Å². The van der Waals surface area contributed by atoms with Gasteiger partial charge in [0.1, 0.15) is 5.60 Å². The molecule has 7 heteroatoms. The highest BCUT2D eigenvalue weighted by Crippen LogP contribution is 2.38. The first-order valence-corrected chi connectivity index (χ1v) is 12.8. The zero-order chi connectivity index (χ0) is 21.6. The molecule has 0 heterocycles. The van der Waals surface area contributed by atoms with Gasteiger partial charge in [0, 0.05) is 0 Å². The number of ether oxygens (including phenoxy) is 1. The minimum atomic E-state index is -2.14. The Morgan fingerprint density at radius 3 is 2.00 bits per heavy atom. The molecule has 0 fully saturated rings. The number of rotatable bonds is 9. The first kappa shape index (κ1) is 25.9. The van der Waals surface area contributed by atoms with E-state index in [9.17, 15) is 14.7 Å². The third kappa shape index (κ3) is 9.60. The largest absolute Gasteiger partial charge is 0.481 e. The average molecular weight is 404 g/mol. The number of carboxylic acid groups (broad SMARTS) is 1. The number of aliphatic carboxylic acids is 1. The number of nitrogens with one attached hydrogen (secondary N) is 1. The molecule has 0 saturated carbocycles. The lowest BCUT2D eigenvalue weighted by Gasteiger charge is -2.42. The number of hydrogen-bond donors (Lipinski definition) is 2. The van der Waals surface area contributed by atoms with Gasteiger partial charge in [-0.3, -0.25) is 4.79 Å². The van der Waals surface area contributed by atoms with Gasteiger partial charge in [-0.25, -0.2) is 4.79 Å². The van der Waals surface area contributed by atoms with Gasteiger partial charge in [-0.05, 0) is 51.7 Å². The van der Waals surface area contributed by atoms with Crippen LogP contribution in [0.2, 0.25) is 18.1 Å². The molecule has 3 atom stereocenters. The van der Waals surface area contributed by atoms with Gasteiger partial charge in [0.05, 0.1) is 18.1 Å². The van der Waals surface area contributed by atoms with E-state index in [1.54, 1.807) is 6.92 Å². The molecule has 0 aliphatic rings. The lowest BCUT2D eigenvalue weighted by Crippen LogP contribution is -2.53. The van der Waals surface area contributed by atoms with Gasteiger partial charge < -0.3 is 19.6 Å². The smallest absolute Gasteiger partial charge is 0.407 e. The lowest BCUT2D eigenvalue weighted by molar-refractivity contribution is -0.142. The Balaban J connectivity index is 5.58.